The Kier molecular flexibility index (Phi) is 4.37. The van der Waals surface area contributed by atoms with E-state index in [4.69, 9.17) is 0 Å². The van der Waals surface area contributed by atoms with Crippen molar-refractivity contribution in [1.29, 1.82) is 0 Å². The second-order valence-electron chi connectivity index (χ2n) is 4.15. The van der Waals surface area contributed by atoms with E-state index in [1.54, 1.807) is 6.20 Å². The molecule has 0 saturated carbocycles. The SMILES string of the molecule is Cl.Cl.c1cn(C2CC3CCC(C2)N3)nn1. The molecule has 6 heteroatoms. The topological polar surface area (TPSA) is 42.7 Å². The number of fused-ring (bicyclic) bond motifs is 2. The summed E-state index contributed by atoms with van der Waals surface area (Å²) in [6.07, 6.45) is 8.88. The molecule has 0 amide bonds. The molecule has 3 rings (SSSR count). The summed E-state index contributed by atoms with van der Waals surface area (Å²) in [5.74, 6) is 0. The third-order valence-electron chi connectivity index (χ3n) is 3.26. The van der Waals surface area contributed by atoms with Crippen LogP contribution in [0, 0.1) is 0 Å². The molecule has 86 valence electrons. The molecule has 4 nitrogen and oxygen atoms in total. The zero-order valence-electron chi connectivity index (χ0n) is 8.37. The zero-order chi connectivity index (χ0) is 8.67. The van der Waals surface area contributed by atoms with Gasteiger partial charge in [-0.2, -0.15) is 0 Å². The summed E-state index contributed by atoms with van der Waals surface area (Å²) >= 11 is 0. The van der Waals surface area contributed by atoms with Crippen LogP contribution in [0.15, 0.2) is 12.4 Å². The van der Waals surface area contributed by atoms with Crippen LogP contribution >= 0.6 is 24.8 Å². The average Bonchev–Trinajstić information content (AvgIpc) is 2.75. The molecule has 1 aromatic rings. The molecule has 2 saturated heterocycles. The van der Waals surface area contributed by atoms with Gasteiger partial charge in [-0.05, 0) is 25.7 Å². The fourth-order valence-electron chi connectivity index (χ4n) is 2.66. The number of nitrogens with zero attached hydrogens (tertiary/aromatic N) is 3. The van der Waals surface area contributed by atoms with Crippen molar-refractivity contribution in [3.8, 4) is 0 Å². The molecule has 2 aliphatic rings. The number of hydrogen-bond donors (Lipinski definition) is 1. The number of piperidine rings is 1. The molecular weight excluding hydrogens is 235 g/mol. The number of rotatable bonds is 1. The van der Waals surface area contributed by atoms with Crippen molar-refractivity contribution in [2.45, 2.75) is 43.8 Å². The predicted octanol–water partition coefficient (Wildman–Crippen LogP) is 1.58. The molecule has 15 heavy (non-hydrogen) atoms. The van der Waals surface area contributed by atoms with Gasteiger partial charge in [0.05, 0.1) is 12.2 Å². The molecule has 2 bridgehead atoms. The first kappa shape index (κ1) is 12.7. The van der Waals surface area contributed by atoms with E-state index in [1.807, 2.05) is 10.9 Å². The van der Waals surface area contributed by atoms with Crippen molar-refractivity contribution in [3.63, 3.8) is 0 Å². The zero-order valence-corrected chi connectivity index (χ0v) is 10.0. The summed E-state index contributed by atoms with van der Waals surface area (Å²) < 4.78 is 2.02. The normalized spacial score (nSPS) is 32.9. The Morgan fingerprint density at radius 2 is 1.80 bits per heavy atom. The number of nitrogens with one attached hydrogen (secondary N) is 1. The maximum absolute atomic E-state index is 4.08. The van der Waals surface area contributed by atoms with Gasteiger partial charge in [-0.25, -0.2) is 4.68 Å². The molecule has 0 aromatic carbocycles. The first-order valence-electron chi connectivity index (χ1n) is 5.03. The summed E-state index contributed by atoms with van der Waals surface area (Å²) in [5.41, 5.74) is 0. The highest BCUT2D eigenvalue weighted by atomic mass is 35.5. The maximum atomic E-state index is 4.08. The van der Waals surface area contributed by atoms with Crippen LogP contribution in [-0.4, -0.2) is 27.1 Å². The minimum atomic E-state index is 0. The van der Waals surface area contributed by atoms with Gasteiger partial charge >= 0.3 is 0 Å². The Morgan fingerprint density at radius 1 is 1.13 bits per heavy atom. The Morgan fingerprint density at radius 3 is 2.33 bits per heavy atom. The number of hydrogen-bond acceptors (Lipinski definition) is 3. The van der Waals surface area contributed by atoms with Gasteiger partial charge < -0.3 is 5.32 Å². The minimum Gasteiger partial charge on any atom is -0.311 e. The standard InChI is InChI=1S/C9H14N4.2ClH/c1-2-8-6-9(5-7(1)11-8)13-4-3-10-12-13;;/h3-4,7-9,11H,1-2,5-6H2;2*1H. The summed E-state index contributed by atoms with van der Waals surface area (Å²) in [6, 6.07) is 2.04. The second-order valence-corrected chi connectivity index (χ2v) is 4.15. The van der Waals surface area contributed by atoms with Gasteiger partial charge in [-0.3, -0.25) is 0 Å². The Hall–Kier alpha value is -0.320. The van der Waals surface area contributed by atoms with Crippen LogP contribution in [0.2, 0.25) is 0 Å². The molecule has 3 heterocycles. The summed E-state index contributed by atoms with van der Waals surface area (Å²) in [5, 5.41) is 11.6. The second kappa shape index (κ2) is 5.14. The molecular formula is C9H16Cl2N4. The van der Waals surface area contributed by atoms with Crippen LogP contribution < -0.4 is 5.32 Å². The van der Waals surface area contributed by atoms with Gasteiger partial charge in [0.2, 0.25) is 0 Å². The average molecular weight is 251 g/mol. The predicted molar refractivity (Wildman–Crippen MR) is 62.7 cm³/mol. The van der Waals surface area contributed by atoms with E-state index in [9.17, 15) is 0 Å². The monoisotopic (exact) mass is 250 g/mol. The quantitative estimate of drug-likeness (QED) is 0.824. The largest absolute Gasteiger partial charge is 0.311 e. The Balaban J connectivity index is 0.000000562. The fraction of sp³-hybridized carbons (Fsp3) is 0.778. The smallest absolute Gasteiger partial charge is 0.0693 e. The van der Waals surface area contributed by atoms with Gasteiger partial charge in [-0.1, -0.05) is 5.21 Å². The van der Waals surface area contributed by atoms with E-state index < -0.39 is 0 Å². The van der Waals surface area contributed by atoms with E-state index in [0.29, 0.717) is 6.04 Å². The van der Waals surface area contributed by atoms with Gasteiger partial charge in [0, 0.05) is 18.3 Å². The summed E-state index contributed by atoms with van der Waals surface area (Å²) in [4.78, 5) is 0. The lowest BCUT2D eigenvalue weighted by molar-refractivity contribution is 0.278. The number of halogens is 2. The van der Waals surface area contributed by atoms with Crippen molar-refractivity contribution in [2.24, 2.45) is 0 Å². The van der Waals surface area contributed by atoms with Gasteiger partial charge in [0.15, 0.2) is 0 Å². The van der Waals surface area contributed by atoms with E-state index in [1.165, 1.54) is 25.7 Å². The van der Waals surface area contributed by atoms with Crippen LogP contribution in [-0.2, 0) is 0 Å². The Labute approximate surface area is 102 Å². The van der Waals surface area contributed by atoms with Crippen molar-refractivity contribution in [2.75, 3.05) is 0 Å². The third-order valence-corrected chi connectivity index (χ3v) is 3.26. The molecule has 0 spiro atoms. The van der Waals surface area contributed by atoms with E-state index in [2.05, 4.69) is 15.6 Å². The highest BCUT2D eigenvalue weighted by Gasteiger charge is 2.34. The maximum Gasteiger partial charge on any atom is 0.0693 e. The van der Waals surface area contributed by atoms with E-state index in [-0.39, 0.29) is 24.8 Å². The van der Waals surface area contributed by atoms with Gasteiger partial charge in [-0.15, -0.1) is 29.9 Å². The van der Waals surface area contributed by atoms with Crippen molar-refractivity contribution < 1.29 is 0 Å². The lowest BCUT2D eigenvalue weighted by Crippen LogP contribution is -2.39. The molecule has 0 aliphatic carbocycles. The van der Waals surface area contributed by atoms with Gasteiger partial charge in [0.25, 0.3) is 0 Å². The first-order chi connectivity index (χ1) is 6.42. The van der Waals surface area contributed by atoms with E-state index in [0.717, 1.165) is 12.1 Å². The summed E-state index contributed by atoms with van der Waals surface area (Å²) in [6.45, 7) is 0. The molecule has 2 atom stereocenters. The van der Waals surface area contributed by atoms with E-state index >= 15 is 0 Å². The molecule has 2 fully saturated rings. The van der Waals surface area contributed by atoms with Crippen molar-refractivity contribution in [1.82, 2.24) is 20.3 Å². The van der Waals surface area contributed by atoms with Crippen LogP contribution in [0.3, 0.4) is 0 Å². The van der Waals surface area contributed by atoms with Crippen LogP contribution in [0.4, 0.5) is 0 Å². The number of aromatic nitrogens is 3. The first-order valence-corrected chi connectivity index (χ1v) is 5.03. The third kappa shape index (κ3) is 2.44. The van der Waals surface area contributed by atoms with Gasteiger partial charge in [0.1, 0.15) is 0 Å². The lowest BCUT2D eigenvalue weighted by Gasteiger charge is -2.28. The lowest BCUT2D eigenvalue weighted by atomic mass is 10.0. The van der Waals surface area contributed by atoms with Crippen molar-refractivity contribution in [3.05, 3.63) is 12.4 Å². The molecule has 1 aromatic heterocycles. The van der Waals surface area contributed by atoms with Crippen LogP contribution in [0.1, 0.15) is 31.7 Å². The van der Waals surface area contributed by atoms with Crippen molar-refractivity contribution >= 4 is 24.8 Å². The highest BCUT2D eigenvalue weighted by Crippen LogP contribution is 2.33. The summed E-state index contributed by atoms with van der Waals surface area (Å²) in [7, 11) is 0. The highest BCUT2D eigenvalue weighted by molar-refractivity contribution is 5.85. The Bertz CT molecular complexity index is 278. The van der Waals surface area contributed by atoms with Crippen LogP contribution in [0.25, 0.3) is 0 Å². The molecule has 0 radical (unpaired) electrons. The minimum absolute atomic E-state index is 0. The fourth-order valence-corrected chi connectivity index (χ4v) is 2.66. The molecule has 1 N–H and O–H groups in total. The molecule has 2 unspecified atom stereocenters. The molecule has 2 aliphatic heterocycles. The van der Waals surface area contributed by atoms with Crippen LogP contribution in [0.5, 0.6) is 0 Å².